The average Bonchev–Trinajstić information content (AvgIpc) is 3.60. The molecule has 2 aromatic heterocycles. The van der Waals surface area contributed by atoms with Crippen LogP contribution in [0.4, 0.5) is 14.6 Å². The molecule has 0 unspecified atom stereocenters. The first-order chi connectivity index (χ1) is 20.8. The lowest BCUT2D eigenvalue weighted by molar-refractivity contribution is -0.128. The van der Waals surface area contributed by atoms with E-state index >= 15 is 4.39 Å². The van der Waals surface area contributed by atoms with Crippen LogP contribution >= 0.6 is 11.6 Å². The monoisotopic (exact) mass is 604 g/mol. The van der Waals surface area contributed by atoms with E-state index in [-0.39, 0.29) is 35.8 Å². The molecule has 4 aromatic rings. The Bertz CT molecular complexity index is 1740. The molecular weight excluding hydrogens is 574 g/mol. The number of benzene rings is 2. The highest BCUT2D eigenvalue weighted by molar-refractivity contribution is 6.36. The third-order valence-electron chi connectivity index (χ3n) is 9.13. The number of piperazine rings is 1. The molecule has 3 aliphatic rings. The maximum atomic E-state index is 16.6. The van der Waals surface area contributed by atoms with Crippen molar-refractivity contribution in [3.8, 4) is 17.3 Å². The van der Waals surface area contributed by atoms with Crippen molar-refractivity contribution < 1.29 is 18.3 Å². The van der Waals surface area contributed by atoms with Gasteiger partial charge in [0.25, 0.3) is 5.91 Å². The second kappa shape index (κ2) is 11.0. The summed E-state index contributed by atoms with van der Waals surface area (Å²) in [6.45, 7) is 6.94. The molecular formula is C32H31ClF2N6O2. The van der Waals surface area contributed by atoms with Crippen LogP contribution in [0.25, 0.3) is 32.9 Å². The SMILES string of the molecule is C=C(F)C(=O)N1CCN(c2nc(OCC34CCCN3CCC4)nc3c(F)c(-c4cccc5cccc(Cl)c45)ncc23)CC1. The molecule has 0 atom stereocenters. The van der Waals surface area contributed by atoms with Gasteiger partial charge in [0.05, 0.1) is 10.9 Å². The van der Waals surface area contributed by atoms with E-state index in [2.05, 4.69) is 21.4 Å². The van der Waals surface area contributed by atoms with E-state index in [0.717, 1.165) is 44.2 Å². The Morgan fingerprint density at radius 1 is 1.02 bits per heavy atom. The number of fused-ring (bicyclic) bond motifs is 3. The van der Waals surface area contributed by atoms with Gasteiger partial charge in [-0.25, -0.2) is 8.78 Å². The first-order valence-electron chi connectivity index (χ1n) is 14.6. The summed E-state index contributed by atoms with van der Waals surface area (Å²) >= 11 is 6.57. The van der Waals surface area contributed by atoms with Crippen LogP contribution in [0.2, 0.25) is 5.02 Å². The summed E-state index contributed by atoms with van der Waals surface area (Å²) in [5.74, 6) is -1.84. The van der Waals surface area contributed by atoms with Gasteiger partial charge < -0.3 is 14.5 Å². The molecule has 222 valence electrons. The Labute approximate surface area is 252 Å². The number of halogens is 3. The predicted octanol–water partition coefficient (Wildman–Crippen LogP) is 5.78. The van der Waals surface area contributed by atoms with E-state index in [1.54, 1.807) is 18.3 Å². The van der Waals surface area contributed by atoms with Crippen LogP contribution in [-0.4, -0.2) is 82.1 Å². The molecule has 11 heteroatoms. The number of carbonyl (C=O) groups is 1. The Balaban J connectivity index is 1.30. The Hall–Kier alpha value is -3.89. The number of nitrogens with zero attached hydrogens (tertiary/aromatic N) is 6. The Kier molecular flexibility index (Phi) is 7.13. The van der Waals surface area contributed by atoms with E-state index in [4.69, 9.17) is 21.3 Å². The molecule has 2 aromatic carbocycles. The molecule has 3 aliphatic heterocycles. The highest BCUT2D eigenvalue weighted by Crippen LogP contribution is 2.40. The molecule has 0 bridgehead atoms. The number of anilines is 1. The highest BCUT2D eigenvalue weighted by atomic mass is 35.5. The van der Waals surface area contributed by atoms with Crippen LogP contribution in [0.5, 0.6) is 6.01 Å². The van der Waals surface area contributed by atoms with Crippen molar-refractivity contribution in [2.75, 3.05) is 50.8 Å². The van der Waals surface area contributed by atoms with E-state index in [0.29, 0.717) is 46.9 Å². The molecule has 0 aliphatic carbocycles. The number of amides is 1. The zero-order valence-corrected chi connectivity index (χ0v) is 24.4. The topological polar surface area (TPSA) is 74.7 Å². The maximum Gasteiger partial charge on any atom is 0.319 e. The van der Waals surface area contributed by atoms with Crippen molar-refractivity contribution in [2.45, 2.75) is 31.2 Å². The fraction of sp³-hybridized carbons (Fsp3) is 0.375. The normalized spacial score (nSPS) is 18.4. The largest absolute Gasteiger partial charge is 0.461 e. The van der Waals surface area contributed by atoms with Crippen molar-refractivity contribution in [3.05, 3.63) is 65.8 Å². The fourth-order valence-electron chi connectivity index (χ4n) is 6.96. The summed E-state index contributed by atoms with van der Waals surface area (Å²) in [5.41, 5.74) is 0.753. The van der Waals surface area contributed by atoms with E-state index < -0.39 is 17.6 Å². The van der Waals surface area contributed by atoms with Crippen LogP contribution in [0.15, 0.2) is 55.0 Å². The van der Waals surface area contributed by atoms with E-state index in [1.807, 2.05) is 29.2 Å². The van der Waals surface area contributed by atoms with E-state index in [9.17, 15) is 9.18 Å². The molecule has 0 spiro atoms. The molecule has 7 rings (SSSR count). The lowest BCUT2D eigenvalue weighted by Gasteiger charge is -2.35. The van der Waals surface area contributed by atoms with Crippen LogP contribution in [0.1, 0.15) is 25.7 Å². The maximum absolute atomic E-state index is 16.6. The lowest BCUT2D eigenvalue weighted by atomic mass is 9.95. The van der Waals surface area contributed by atoms with Crippen molar-refractivity contribution in [1.29, 1.82) is 0 Å². The van der Waals surface area contributed by atoms with Gasteiger partial charge >= 0.3 is 6.01 Å². The van der Waals surface area contributed by atoms with Crippen molar-refractivity contribution in [2.24, 2.45) is 0 Å². The Morgan fingerprint density at radius 3 is 2.47 bits per heavy atom. The molecule has 1 amide bonds. The van der Waals surface area contributed by atoms with Gasteiger partial charge in [0.2, 0.25) is 0 Å². The number of carbonyl (C=O) groups excluding carboxylic acids is 1. The first kappa shape index (κ1) is 27.9. The van der Waals surface area contributed by atoms with Gasteiger partial charge in [-0.3, -0.25) is 14.7 Å². The summed E-state index contributed by atoms with van der Waals surface area (Å²) in [5, 5.41) is 2.51. The Morgan fingerprint density at radius 2 is 1.74 bits per heavy atom. The van der Waals surface area contributed by atoms with Crippen LogP contribution in [0.3, 0.4) is 0 Å². The number of hydrogen-bond donors (Lipinski definition) is 0. The van der Waals surface area contributed by atoms with Gasteiger partial charge in [-0.15, -0.1) is 0 Å². The summed E-state index contributed by atoms with van der Waals surface area (Å²) in [7, 11) is 0. The minimum atomic E-state index is -0.990. The summed E-state index contributed by atoms with van der Waals surface area (Å²) in [6, 6.07) is 11.2. The number of ether oxygens (including phenoxy) is 1. The fourth-order valence-corrected chi connectivity index (χ4v) is 7.24. The predicted molar refractivity (Wildman–Crippen MR) is 163 cm³/mol. The molecule has 0 radical (unpaired) electrons. The molecule has 3 fully saturated rings. The van der Waals surface area contributed by atoms with Crippen molar-refractivity contribution in [1.82, 2.24) is 24.8 Å². The average molecular weight is 605 g/mol. The smallest absolute Gasteiger partial charge is 0.319 e. The third kappa shape index (κ3) is 4.86. The van der Waals surface area contributed by atoms with Crippen LogP contribution in [-0.2, 0) is 4.79 Å². The minimum Gasteiger partial charge on any atom is -0.461 e. The second-order valence-electron chi connectivity index (χ2n) is 11.5. The molecule has 5 heterocycles. The van der Waals surface area contributed by atoms with Gasteiger partial charge in [0, 0.05) is 48.3 Å². The van der Waals surface area contributed by atoms with Gasteiger partial charge in [-0.1, -0.05) is 48.5 Å². The van der Waals surface area contributed by atoms with Gasteiger partial charge in [0.15, 0.2) is 11.6 Å². The molecule has 0 N–H and O–H groups in total. The van der Waals surface area contributed by atoms with E-state index in [1.165, 1.54) is 4.90 Å². The molecule has 8 nitrogen and oxygen atoms in total. The van der Waals surface area contributed by atoms with Gasteiger partial charge in [0.1, 0.15) is 23.6 Å². The summed E-state index contributed by atoms with van der Waals surface area (Å²) in [4.78, 5) is 31.9. The minimum absolute atomic E-state index is 0.0408. The van der Waals surface area contributed by atoms with Crippen LogP contribution < -0.4 is 9.64 Å². The summed E-state index contributed by atoms with van der Waals surface area (Å²) < 4.78 is 36.4. The number of aromatic nitrogens is 3. The molecule has 0 saturated carbocycles. The van der Waals surface area contributed by atoms with Gasteiger partial charge in [-0.05, 0) is 50.2 Å². The second-order valence-corrected chi connectivity index (χ2v) is 12.0. The summed E-state index contributed by atoms with van der Waals surface area (Å²) in [6.07, 6.45) is 5.93. The standard InChI is InChI=1S/C32H31ClF2N6O2/c1-20(34)30(42)40-16-14-39(15-17-40)29-23-18-36-27(22-8-2-6-21-7-3-9-24(33)25(21)22)26(35)28(23)37-31(38-29)43-19-32-10-4-12-41(32)13-5-11-32/h2-3,6-9,18H,1,4-5,10-17,19H2. The highest BCUT2D eigenvalue weighted by Gasteiger charge is 2.45. The zero-order valence-electron chi connectivity index (χ0n) is 23.7. The van der Waals surface area contributed by atoms with Crippen LogP contribution in [0, 0.1) is 5.82 Å². The number of rotatable bonds is 6. The van der Waals surface area contributed by atoms with Gasteiger partial charge in [-0.2, -0.15) is 9.97 Å². The third-order valence-corrected chi connectivity index (χ3v) is 9.45. The molecule has 43 heavy (non-hydrogen) atoms. The zero-order chi connectivity index (χ0) is 29.7. The lowest BCUT2D eigenvalue weighted by Crippen LogP contribution is -2.49. The first-order valence-corrected chi connectivity index (χ1v) is 15.0. The number of hydrogen-bond acceptors (Lipinski definition) is 7. The number of pyridine rings is 1. The molecule has 3 saturated heterocycles. The van der Waals surface area contributed by atoms with Crippen molar-refractivity contribution in [3.63, 3.8) is 0 Å². The van der Waals surface area contributed by atoms with Crippen molar-refractivity contribution >= 4 is 45.0 Å². The quantitative estimate of drug-likeness (QED) is 0.258.